The van der Waals surface area contributed by atoms with Gasteiger partial charge in [0.1, 0.15) is 5.60 Å². The van der Waals surface area contributed by atoms with Crippen LogP contribution in [0.2, 0.25) is 0 Å². The standard InChI is InChI=1S/C17H18BrN3O3/c1-24-15-7-3-6-14(20-15)9-19-16(22)21-10-17(23,11-21)12-4-2-5-13(18)8-12/h2-8,23H,9-11H2,1H3,(H,19,22). The number of carbonyl (C=O) groups excluding carboxylic acids is 1. The first-order valence-corrected chi connectivity index (χ1v) is 8.30. The lowest BCUT2D eigenvalue weighted by atomic mass is 9.86. The molecule has 2 amide bonds. The number of ether oxygens (including phenoxy) is 1. The first-order chi connectivity index (χ1) is 11.5. The van der Waals surface area contributed by atoms with Crippen LogP contribution >= 0.6 is 15.9 Å². The van der Waals surface area contributed by atoms with Crippen molar-refractivity contribution in [3.63, 3.8) is 0 Å². The quantitative estimate of drug-likeness (QED) is 0.837. The number of amides is 2. The normalized spacial score (nSPS) is 15.5. The Morgan fingerprint density at radius 3 is 2.83 bits per heavy atom. The molecular formula is C17H18BrN3O3. The lowest BCUT2D eigenvalue weighted by Crippen LogP contribution is -2.63. The second-order valence-electron chi connectivity index (χ2n) is 5.73. The number of nitrogens with zero attached hydrogens (tertiary/aromatic N) is 2. The van der Waals surface area contributed by atoms with Crippen LogP contribution in [0.25, 0.3) is 0 Å². The maximum Gasteiger partial charge on any atom is 0.317 e. The summed E-state index contributed by atoms with van der Waals surface area (Å²) in [5.41, 5.74) is 0.524. The van der Waals surface area contributed by atoms with E-state index in [1.807, 2.05) is 36.4 Å². The van der Waals surface area contributed by atoms with Crippen LogP contribution in [0.5, 0.6) is 5.88 Å². The zero-order valence-corrected chi connectivity index (χ0v) is 14.8. The van der Waals surface area contributed by atoms with Crippen LogP contribution < -0.4 is 10.1 Å². The molecule has 1 fully saturated rings. The van der Waals surface area contributed by atoms with E-state index < -0.39 is 5.60 Å². The average Bonchev–Trinajstić information content (AvgIpc) is 2.57. The van der Waals surface area contributed by atoms with E-state index in [9.17, 15) is 9.90 Å². The van der Waals surface area contributed by atoms with Crippen LogP contribution in [0.15, 0.2) is 46.9 Å². The van der Waals surface area contributed by atoms with Crippen molar-refractivity contribution >= 4 is 22.0 Å². The van der Waals surface area contributed by atoms with Crippen molar-refractivity contribution in [2.24, 2.45) is 0 Å². The summed E-state index contributed by atoms with van der Waals surface area (Å²) in [6.07, 6.45) is 0. The third-order valence-corrected chi connectivity index (χ3v) is 4.46. The fraction of sp³-hybridized carbons (Fsp3) is 0.294. The van der Waals surface area contributed by atoms with Gasteiger partial charge < -0.3 is 20.1 Å². The van der Waals surface area contributed by atoms with Crippen LogP contribution in [-0.2, 0) is 12.1 Å². The summed E-state index contributed by atoms with van der Waals surface area (Å²) in [7, 11) is 1.55. The monoisotopic (exact) mass is 391 g/mol. The van der Waals surface area contributed by atoms with Crippen molar-refractivity contribution in [2.45, 2.75) is 12.1 Å². The second-order valence-corrected chi connectivity index (χ2v) is 6.64. The number of nitrogens with one attached hydrogen (secondary N) is 1. The summed E-state index contributed by atoms with van der Waals surface area (Å²) in [6, 6.07) is 12.7. The highest BCUT2D eigenvalue weighted by Gasteiger charge is 2.45. The lowest BCUT2D eigenvalue weighted by molar-refractivity contribution is -0.0816. The number of carbonyl (C=O) groups is 1. The van der Waals surface area contributed by atoms with E-state index in [2.05, 4.69) is 26.2 Å². The van der Waals surface area contributed by atoms with E-state index >= 15 is 0 Å². The van der Waals surface area contributed by atoms with Gasteiger partial charge in [-0.2, -0.15) is 0 Å². The predicted molar refractivity (Wildman–Crippen MR) is 92.6 cm³/mol. The Morgan fingerprint density at radius 2 is 2.12 bits per heavy atom. The number of hydrogen-bond donors (Lipinski definition) is 2. The first kappa shape index (κ1) is 16.7. The molecule has 2 aromatic rings. The Bertz CT molecular complexity index is 747. The number of benzene rings is 1. The molecule has 1 aromatic heterocycles. The first-order valence-electron chi connectivity index (χ1n) is 7.51. The van der Waals surface area contributed by atoms with E-state index in [0.717, 1.165) is 10.0 Å². The van der Waals surface area contributed by atoms with Crippen LogP contribution in [-0.4, -0.2) is 41.2 Å². The van der Waals surface area contributed by atoms with Crippen molar-refractivity contribution in [2.75, 3.05) is 20.2 Å². The Balaban J connectivity index is 1.54. The maximum atomic E-state index is 12.2. The molecule has 0 radical (unpaired) electrons. The minimum absolute atomic E-state index is 0.223. The second kappa shape index (κ2) is 6.78. The molecule has 7 heteroatoms. The molecule has 126 valence electrons. The third kappa shape index (κ3) is 3.52. The summed E-state index contributed by atoms with van der Waals surface area (Å²) in [5.74, 6) is 0.509. The smallest absolute Gasteiger partial charge is 0.317 e. The largest absolute Gasteiger partial charge is 0.481 e. The molecule has 0 unspecified atom stereocenters. The predicted octanol–water partition coefficient (Wildman–Crippen LogP) is 2.27. The van der Waals surface area contributed by atoms with Gasteiger partial charge in [0, 0.05) is 10.5 Å². The highest BCUT2D eigenvalue weighted by molar-refractivity contribution is 9.10. The molecule has 0 spiro atoms. The number of methoxy groups -OCH3 is 1. The van der Waals surface area contributed by atoms with E-state index in [4.69, 9.17) is 4.74 Å². The molecule has 0 bridgehead atoms. The lowest BCUT2D eigenvalue weighted by Gasteiger charge is -2.46. The molecule has 24 heavy (non-hydrogen) atoms. The molecule has 0 aliphatic carbocycles. The molecule has 6 nitrogen and oxygen atoms in total. The number of halogens is 1. The SMILES string of the molecule is COc1cccc(CNC(=O)N2CC(O)(c3cccc(Br)c3)C2)n1. The van der Waals surface area contributed by atoms with E-state index in [-0.39, 0.29) is 19.1 Å². The minimum atomic E-state index is -0.991. The Kier molecular flexibility index (Phi) is 4.73. The van der Waals surface area contributed by atoms with Gasteiger partial charge in [-0.3, -0.25) is 0 Å². The van der Waals surface area contributed by atoms with Gasteiger partial charge in [0.15, 0.2) is 0 Å². The van der Waals surface area contributed by atoms with Gasteiger partial charge in [-0.05, 0) is 23.8 Å². The minimum Gasteiger partial charge on any atom is -0.481 e. The molecule has 2 N–H and O–H groups in total. The van der Waals surface area contributed by atoms with Crippen molar-refractivity contribution in [3.8, 4) is 5.88 Å². The number of hydrogen-bond acceptors (Lipinski definition) is 4. The number of aromatic nitrogens is 1. The Morgan fingerprint density at radius 1 is 1.38 bits per heavy atom. The van der Waals surface area contributed by atoms with Gasteiger partial charge in [-0.15, -0.1) is 0 Å². The number of β-amino-alcohol motifs (C(OH)–C–C–N with tert-alkyl or cyclic N) is 1. The van der Waals surface area contributed by atoms with Crippen molar-refractivity contribution in [1.82, 2.24) is 15.2 Å². The summed E-state index contributed by atoms with van der Waals surface area (Å²) >= 11 is 3.39. The van der Waals surface area contributed by atoms with Gasteiger partial charge in [0.25, 0.3) is 0 Å². The fourth-order valence-corrected chi connectivity index (χ4v) is 3.04. The van der Waals surface area contributed by atoms with Gasteiger partial charge in [0.2, 0.25) is 5.88 Å². The number of urea groups is 1. The van der Waals surface area contributed by atoms with Gasteiger partial charge >= 0.3 is 6.03 Å². The molecule has 0 saturated carbocycles. The van der Waals surface area contributed by atoms with E-state index in [1.165, 1.54) is 0 Å². The van der Waals surface area contributed by atoms with Crippen LogP contribution in [0.3, 0.4) is 0 Å². The molecule has 1 aliphatic rings. The molecule has 0 atom stereocenters. The van der Waals surface area contributed by atoms with Crippen LogP contribution in [0, 0.1) is 0 Å². The molecular weight excluding hydrogens is 374 g/mol. The highest BCUT2D eigenvalue weighted by atomic mass is 79.9. The number of rotatable bonds is 4. The van der Waals surface area contributed by atoms with Gasteiger partial charge in [-0.25, -0.2) is 9.78 Å². The molecule has 1 aromatic carbocycles. The topological polar surface area (TPSA) is 74.7 Å². The van der Waals surface area contributed by atoms with E-state index in [1.54, 1.807) is 18.1 Å². The third-order valence-electron chi connectivity index (χ3n) is 3.97. The maximum absolute atomic E-state index is 12.2. The number of aliphatic hydroxyl groups is 1. The summed E-state index contributed by atoms with van der Waals surface area (Å²) in [4.78, 5) is 18.0. The summed E-state index contributed by atoms with van der Waals surface area (Å²) in [6.45, 7) is 0.837. The molecule has 1 aliphatic heterocycles. The van der Waals surface area contributed by atoms with Crippen molar-refractivity contribution in [3.05, 3.63) is 58.2 Å². The summed E-state index contributed by atoms with van der Waals surface area (Å²) < 4.78 is 5.96. The average molecular weight is 392 g/mol. The fourth-order valence-electron chi connectivity index (χ4n) is 2.64. The number of pyridine rings is 1. The van der Waals surface area contributed by atoms with Crippen LogP contribution in [0.1, 0.15) is 11.3 Å². The van der Waals surface area contributed by atoms with E-state index in [0.29, 0.717) is 18.1 Å². The van der Waals surface area contributed by atoms with Gasteiger partial charge in [-0.1, -0.05) is 34.1 Å². The molecule has 1 saturated heterocycles. The number of likely N-dealkylation sites (tertiary alicyclic amines) is 1. The van der Waals surface area contributed by atoms with Crippen LogP contribution in [0.4, 0.5) is 4.79 Å². The van der Waals surface area contributed by atoms with Crippen molar-refractivity contribution in [1.29, 1.82) is 0 Å². The zero-order chi connectivity index (χ0) is 17.2. The summed E-state index contributed by atoms with van der Waals surface area (Å²) in [5, 5.41) is 13.4. The zero-order valence-electron chi connectivity index (χ0n) is 13.2. The Labute approximate surface area is 148 Å². The molecule has 3 rings (SSSR count). The Hall–Kier alpha value is -2.12. The van der Waals surface area contributed by atoms with Crippen molar-refractivity contribution < 1.29 is 14.6 Å². The molecule has 2 heterocycles. The highest BCUT2D eigenvalue weighted by Crippen LogP contribution is 2.33. The van der Waals surface area contributed by atoms with Gasteiger partial charge in [0.05, 0.1) is 32.4 Å².